The summed E-state index contributed by atoms with van der Waals surface area (Å²) in [5, 5.41) is 2.65. The summed E-state index contributed by atoms with van der Waals surface area (Å²) in [4.78, 5) is 15.3. The van der Waals surface area contributed by atoms with Gasteiger partial charge in [-0.15, -0.1) is 4.91 Å². The molecule has 0 atom stereocenters. The number of nitroso groups, excluding NO2 is 1. The van der Waals surface area contributed by atoms with Crippen molar-refractivity contribution in [3.63, 3.8) is 0 Å². The highest BCUT2D eigenvalue weighted by Crippen LogP contribution is 2.04. The lowest BCUT2D eigenvalue weighted by atomic mass is 10.4. The fourth-order valence-electron chi connectivity index (χ4n) is 0.618. The molecule has 0 saturated carbocycles. The lowest BCUT2D eigenvalue weighted by molar-refractivity contribution is 0.544. The summed E-state index contributed by atoms with van der Waals surface area (Å²) in [6.07, 6.45) is 1.61. The first-order chi connectivity index (χ1) is 4.74. The van der Waals surface area contributed by atoms with Gasteiger partial charge in [-0.05, 0) is 11.3 Å². The third-order valence-corrected chi connectivity index (χ3v) is 1.26. The summed E-state index contributed by atoms with van der Waals surface area (Å²) in [7, 11) is 1.79. The van der Waals surface area contributed by atoms with Gasteiger partial charge in [-0.3, -0.25) is 0 Å². The van der Waals surface area contributed by atoms with Crippen LogP contribution in [0, 0.1) is 4.91 Å². The van der Waals surface area contributed by atoms with E-state index in [1.165, 1.54) is 0 Å². The van der Waals surface area contributed by atoms with Crippen LogP contribution in [0.15, 0.2) is 22.1 Å². The van der Waals surface area contributed by atoms with E-state index in [1.54, 1.807) is 18.0 Å². The number of nitrogens with two attached hydrogens (primary N) is 1. The Kier molecular flexibility index (Phi) is 1.66. The normalized spacial score (nSPS) is 17.9. The van der Waals surface area contributed by atoms with Crippen molar-refractivity contribution < 1.29 is 0 Å². The number of hydrogen-bond donors (Lipinski definition) is 1. The first-order valence-electron chi connectivity index (χ1n) is 2.83. The zero-order valence-electron chi connectivity index (χ0n) is 5.61. The molecule has 5 heteroatoms. The number of aliphatic imine (C=N–C) groups is 1. The van der Waals surface area contributed by atoms with Crippen molar-refractivity contribution in [3.8, 4) is 0 Å². The van der Waals surface area contributed by atoms with Crippen molar-refractivity contribution in [2.45, 2.75) is 0 Å². The van der Waals surface area contributed by atoms with E-state index >= 15 is 0 Å². The highest BCUT2D eigenvalue weighted by atomic mass is 16.3. The Morgan fingerprint density at radius 1 is 1.90 bits per heavy atom. The minimum atomic E-state index is 0.163. The van der Waals surface area contributed by atoms with Gasteiger partial charge >= 0.3 is 0 Å². The monoisotopic (exact) mass is 140 g/mol. The Morgan fingerprint density at radius 3 is 3.10 bits per heavy atom. The van der Waals surface area contributed by atoms with Crippen LogP contribution in [0.3, 0.4) is 0 Å². The SMILES string of the molecule is CN1CC=C(N=O)N=C1N. The molecule has 0 saturated heterocycles. The van der Waals surface area contributed by atoms with Crippen LogP contribution < -0.4 is 5.73 Å². The van der Waals surface area contributed by atoms with E-state index in [1.807, 2.05) is 0 Å². The average molecular weight is 140 g/mol. The van der Waals surface area contributed by atoms with Crippen LogP contribution in [-0.2, 0) is 0 Å². The standard InChI is InChI=1S/C5H8N4O/c1-9-3-2-4(8-10)7-5(9)6/h2H,3H2,1H3,(H2,6,7). The van der Waals surface area contributed by atoms with Crippen LogP contribution >= 0.6 is 0 Å². The summed E-state index contributed by atoms with van der Waals surface area (Å²) in [6.45, 7) is 0.594. The van der Waals surface area contributed by atoms with Gasteiger partial charge in [0.25, 0.3) is 0 Å². The van der Waals surface area contributed by atoms with Crippen LogP contribution in [0.5, 0.6) is 0 Å². The fraction of sp³-hybridized carbons (Fsp3) is 0.400. The number of rotatable bonds is 1. The molecule has 0 unspecified atom stereocenters. The maximum Gasteiger partial charge on any atom is 0.198 e. The second-order valence-electron chi connectivity index (χ2n) is 2.00. The zero-order valence-corrected chi connectivity index (χ0v) is 5.61. The Labute approximate surface area is 58.2 Å². The van der Waals surface area contributed by atoms with Crippen LogP contribution in [0.1, 0.15) is 0 Å². The Balaban J connectivity index is 2.78. The van der Waals surface area contributed by atoms with E-state index in [9.17, 15) is 4.91 Å². The summed E-state index contributed by atoms with van der Waals surface area (Å²) >= 11 is 0. The number of guanidine groups is 1. The maximum absolute atomic E-state index is 9.91. The van der Waals surface area contributed by atoms with E-state index in [4.69, 9.17) is 5.73 Å². The fourth-order valence-corrected chi connectivity index (χ4v) is 0.618. The molecule has 0 aromatic rings. The molecule has 1 heterocycles. The van der Waals surface area contributed by atoms with E-state index in [0.717, 1.165) is 0 Å². The van der Waals surface area contributed by atoms with Gasteiger partial charge in [0.2, 0.25) is 0 Å². The molecule has 10 heavy (non-hydrogen) atoms. The quantitative estimate of drug-likeness (QED) is 0.515. The van der Waals surface area contributed by atoms with Gasteiger partial charge in [-0.2, -0.15) is 4.99 Å². The lowest BCUT2D eigenvalue weighted by Gasteiger charge is -2.18. The predicted molar refractivity (Wildman–Crippen MR) is 38.1 cm³/mol. The summed E-state index contributed by atoms with van der Waals surface area (Å²) in [6, 6.07) is 0. The van der Waals surface area contributed by atoms with Crippen molar-refractivity contribution in [2.75, 3.05) is 13.6 Å². The molecule has 0 fully saturated rings. The van der Waals surface area contributed by atoms with Gasteiger partial charge in [0, 0.05) is 13.6 Å². The second kappa shape index (κ2) is 2.47. The Morgan fingerprint density at radius 2 is 2.60 bits per heavy atom. The van der Waals surface area contributed by atoms with Crippen molar-refractivity contribution in [2.24, 2.45) is 15.9 Å². The Hall–Kier alpha value is -1.39. The van der Waals surface area contributed by atoms with Gasteiger partial charge in [0.15, 0.2) is 11.8 Å². The number of nitrogens with zero attached hydrogens (tertiary/aromatic N) is 3. The molecule has 5 nitrogen and oxygen atoms in total. The van der Waals surface area contributed by atoms with E-state index in [2.05, 4.69) is 10.2 Å². The van der Waals surface area contributed by atoms with Crippen LogP contribution in [0.25, 0.3) is 0 Å². The second-order valence-corrected chi connectivity index (χ2v) is 2.00. The highest BCUT2D eigenvalue weighted by molar-refractivity contribution is 5.79. The largest absolute Gasteiger partial charge is 0.369 e. The molecule has 0 amide bonds. The topological polar surface area (TPSA) is 71.0 Å². The molecule has 0 bridgehead atoms. The lowest BCUT2D eigenvalue weighted by Crippen LogP contribution is -2.35. The molecule has 0 aromatic heterocycles. The molecular weight excluding hydrogens is 132 g/mol. The molecule has 1 rings (SSSR count). The number of likely N-dealkylation sites (N-methyl/N-ethyl adjacent to an activating group) is 1. The van der Waals surface area contributed by atoms with E-state index < -0.39 is 0 Å². The third-order valence-electron chi connectivity index (χ3n) is 1.26. The van der Waals surface area contributed by atoms with Gasteiger partial charge in [0.05, 0.1) is 0 Å². The summed E-state index contributed by atoms with van der Waals surface area (Å²) < 4.78 is 0. The van der Waals surface area contributed by atoms with Gasteiger partial charge in [-0.25, -0.2) is 0 Å². The molecule has 0 radical (unpaired) electrons. The minimum Gasteiger partial charge on any atom is -0.369 e. The third kappa shape index (κ3) is 1.12. The first-order valence-corrected chi connectivity index (χ1v) is 2.83. The van der Waals surface area contributed by atoms with Crippen molar-refractivity contribution >= 4 is 5.96 Å². The molecule has 54 valence electrons. The van der Waals surface area contributed by atoms with Crippen molar-refractivity contribution in [1.29, 1.82) is 0 Å². The molecule has 0 spiro atoms. The zero-order chi connectivity index (χ0) is 7.56. The van der Waals surface area contributed by atoms with Crippen LogP contribution in [0.2, 0.25) is 0 Å². The predicted octanol–water partition coefficient (Wildman–Crippen LogP) is -0.146. The van der Waals surface area contributed by atoms with Gasteiger partial charge < -0.3 is 10.6 Å². The van der Waals surface area contributed by atoms with Gasteiger partial charge in [0.1, 0.15) is 0 Å². The summed E-state index contributed by atoms with van der Waals surface area (Å²) in [5.74, 6) is 0.493. The van der Waals surface area contributed by atoms with E-state index in [0.29, 0.717) is 12.5 Å². The smallest absolute Gasteiger partial charge is 0.198 e. The average Bonchev–Trinajstić information content (AvgIpc) is 1.95. The molecule has 0 aliphatic carbocycles. The minimum absolute atomic E-state index is 0.163. The van der Waals surface area contributed by atoms with Crippen molar-refractivity contribution in [3.05, 3.63) is 16.8 Å². The maximum atomic E-state index is 9.91. The molecule has 2 N–H and O–H groups in total. The van der Waals surface area contributed by atoms with Gasteiger partial charge in [-0.1, -0.05) is 0 Å². The van der Waals surface area contributed by atoms with Crippen LogP contribution in [-0.4, -0.2) is 24.5 Å². The molecular formula is C5H8N4O. The molecule has 1 aliphatic heterocycles. The van der Waals surface area contributed by atoms with E-state index in [-0.39, 0.29) is 5.82 Å². The Bertz CT molecular complexity index is 208. The molecule has 1 aliphatic rings. The molecule has 0 aromatic carbocycles. The van der Waals surface area contributed by atoms with Crippen molar-refractivity contribution in [1.82, 2.24) is 4.90 Å². The number of hydrogen-bond acceptors (Lipinski definition) is 5. The summed E-state index contributed by atoms with van der Waals surface area (Å²) in [5.41, 5.74) is 5.38. The van der Waals surface area contributed by atoms with Crippen LogP contribution in [0.4, 0.5) is 0 Å². The highest BCUT2D eigenvalue weighted by Gasteiger charge is 2.07. The first kappa shape index (κ1) is 6.73.